The van der Waals surface area contributed by atoms with E-state index >= 15 is 0 Å². The molecule has 0 aliphatic heterocycles. The molecule has 0 atom stereocenters. The van der Waals surface area contributed by atoms with Crippen molar-refractivity contribution in [1.82, 2.24) is 9.97 Å². The lowest BCUT2D eigenvalue weighted by molar-refractivity contribution is 0.817. The Morgan fingerprint density at radius 3 is 2.58 bits per heavy atom. The largest absolute Gasteiger partial charge is 0.308 e. The highest BCUT2D eigenvalue weighted by molar-refractivity contribution is 9.10. The van der Waals surface area contributed by atoms with Gasteiger partial charge in [-0.05, 0) is 40.0 Å². The van der Waals surface area contributed by atoms with Crippen LogP contribution in [0.1, 0.15) is 25.5 Å². The molecule has 0 spiro atoms. The number of benzene rings is 1. The van der Waals surface area contributed by atoms with E-state index in [1.807, 2.05) is 24.3 Å². The van der Waals surface area contributed by atoms with Gasteiger partial charge in [-0.15, -0.1) is 0 Å². The van der Waals surface area contributed by atoms with Gasteiger partial charge >= 0.3 is 0 Å². The number of hydrazine groups is 1. The first-order valence-corrected chi connectivity index (χ1v) is 6.99. The molecule has 1 aromatic heterocycles. The molecule has 0 amide bonds. The molecule has 4 nitrogen and oxygen atoms in total. The molecule has 6 heteroatoms. The summed E-state index contributed by atoms with van der Waals surface area (Å²) in [6.45, 7) is 4.15. The Morgan fingerprint density at radius 1 is 1.26 bits per heavy atom. The van der Waals surface area contributed by atoms with Crippen molar-refractivity contribution in [2.75, 3.05) is 5.43 Å². The molecule has 19 heavy (non-hydrogen) atoms. The van der Waals surface area contributed by atoms with Crippen molar-refractivity contribution in [1.29, 1.82) is 0 Å². The zero-order chi connectivity index (χ0) is 14.0. The molecule has 0 unspecified atom stereocenters. The SMILES string of the molecule is CC(C)c1cc(NN)nc(-c2ccc(Cl)cc2Br)n1. The van der Waals surface area contributed by atoms with Crippen LogP contribution in [0.5, 0.6) is 0 Å². The minimum absolute atomic E-state index is 0.292. The third-order valence-electron chi connectivity index (χ3n) is 2.66. The number of rotatable bonds is 3. The molecule has 0 aliphatic rings. The van der Waals surface area contributed by atoms with Crippen molar-refractivity contribution < 1.29 is 0 Å². The number of hydrogen-bond acceptors (Lipinski definition) is 4. The number of hydrogen-bond donors (Lipinski definition) is 2. The highest BCUT2D eigenvalue weighted by Gasteiger charge is 2.11. The average molecular weight is 342 g/mol. The van der Waals surface area contributed by atoms with Gasteiger partial charge in [0.15, 0.2) is 5.82 Å². The average Bonchev–Trinajstić information content (AvgIpc) is 2.38. The van der Waals surface area contributed by atoms with E-state index in [2.05, 4.69) is 45.2 Å². The zero-order valence-electron chi connectivity index (χ0n) is 10.6. The summed E-state index contributed by atoms with van der Waals surface area (Å²) in [6, 6.07) is 7.35. The number of nitrogens with zero attached hydrogens (tertiary/aromatic N) is 2. The zero-order valence-corrected chi connectivity index (χ0v) is 13.0. The van der Waals surface area contributed by atoms with E-state index < -0.39 is 0 Å². The molecule has 0 fully saturated rings. The van der Waals surface area contributed by atoms with Gasteiger partial charge in [-0.2, -0.15) is 0 Å². The summed E-state index contributed by atoms with van der Waals surface area (Å²) >= 11 is 9.42. The van der Waals surface area contributed by atoms with E-state index in [4.69, 9.17) is 17.4 Å². The van der Waals surface area contributed by atoms with Crippen LogP contribution in [0.25, 0.3) is 11.4 Å². The van der Waals surface area contributed by atoms with E-state index in [0.717, 1.165) is 15.7 Å². The number of nitrogens with two attached hydrogens (primary N) is 1. The molecule has 1 aromatic carbocycles. The lowest BCUT2D eigenvalue weighted by Crippen LogP contribution is -2.11. The molecular weight excluding hydrogens is 328 g/mol. The van der Waals surface area contributed by atoms with Gasteiger partial charge in [-0.3, -0.25) is 0 Å². The van der Waals surface area contributed by atoms with Crippen LogP contribution < -0.4 is 11.3 Å². The summed E-state index contributed by atoms with van der Waals surface area (Å²) in [5.41, 5.74) is 4.38. The predicted molar refractivity (Wildman–Crippen MR) is 82.1 cm³/mol. The third kappa shape index (κ3) is 3.23. The Bertz CT molecular complexity index is 601. The summed E-state index contributed by atoms with van der Waals surface area (Å²) in [5.74, 6) is 6.95. The molecule has 0 radical (unpaired) electrons. The molecular formula is C13H14BrClN4. The maximum absolute atomic E-state index is 5.94. The summed E-state index contributed by atoms with van der Waals surface area (Å²) in [5, 5.41) is 0.660. The highest BCUT2D eigenvalue weighted by atomic mass is 79.9. The maximum atomic E-state index is 5.94. The van der Waals surface area contributed by atoms with Crippen molar-refractivity contribution in [2.24, 2.45) is 5.84 Å². The standard InChI is InChI=1S/C13H14BrClN4/c1-7(2)11-6-12(19-16)18-13(17-11)9-4-3-8(15)5-10(9)14/h3-7H,16H2,1-2H3,(H,17,18,19). The topological polar surface area (TPSA) is 63.8 Å². The first-order valence-electron chi connectivity index (χ1n) is 5.82. The smallest absolute Gasteiger partial charge is 0.162 e. The number of nitrogen functional groups attached to an aromatic ring is 1. The summed E-state index contributed by atoms with van der Waals surface area (Å²) in [7, 11) is 0. The van der Waals surface area contributed by atoms with Crippen molar-refractivity contribution in [2.45, 2.75) is 19.8 Å². The molecule has 0 saturated heterocycles. The van der Waals surface area contributed by atoms with Gasteiger partial charge in [-0.1, -0.05) is 25.4 Å². The molecule has 0 aliphatic carbocycles. The third-order valence-corrected chi connectivity index (χ3v) is 3.55. The number of halogens is 2. The van der Waals surface area contributed by atoms with Crippen molar-refractivity contribution in [3.8, 4) is 11.4 Å². The Hall–Kier alpha value is -1.17. The Labute approximate surface area is 125 Å². The fourth-order valence-electron chi connectivity index (χ4n) is 1.63. The molecule has 0 bridgehead atoms. The second-order valence-corrected chi connectivity index (χ2v) is 5.72. The van der Waals surface area contributed by atoms with E-state index in [1.54, 1.807) is 0 Å². The first kappa shape index (κ1) is 14.2. The number of nitrogens with one attached hydrogen (secondary N) is 1. The first-order chi connectivity index (χ1) is 9.01. The van der Waals surface area contributed by atoms with Gasteiger partial charge < -0.3 is 5.43 Å². The van der Waals surface area contributed by atoms with Crippen molar-refractivity contribution in [3.63, 3.8) is 0 Å². The number of aromatic nitrogens is 2. The molecule has 0 saturated carbocycles. The predicted octanol–water partition coefficient (Wildman–Crippen LogP) is 3.97. The van der Waals surface area contributed by atoms with Gasteiger partial charge in [0, 0.05) is 26.8 Å². The molecule has 3 N–H and O–H groups in total. The Balaban J connectivity index is 2.57. The minimum atomic E-state index is 0.292. The van der Waals surface area contributed by atoms with Gasteiger partial charge in [0.1, 0.15) is 5.82 Å². The van der Waals surface area contributed by atoms with Gasteiger partial charge in [0.2, 0.25) is 0 Å². The summed E-state index contributed by atoms with van der Waals surface area (Å²) < 4.78 is 0.851. The van der Waals surface area contributed by atoms with Crippen LogP contribution in [0.4, 0.5) is 5.82 Å². The van der Waals surface area contributed by atoms with Crippen LogP contribution in [-0.4, -0.2) is 9.97 Å². The van der Waals surface area contributed by atoms with E-state index in [9.17, 15) is 0 Å². The van der Waals surface area contributed by atoms with Crippen LogP contribution >= 0.6 is 27.5 Å². The quantitative estimate of drug-likeness (QED) is 0.655. The van der Waals surface area contributed by atoms with Crippen molar-refractivity contribution in [3.05, 3.63) is 39.5 Å². The summed E-state index contributed by atoms with van der Waals surface area (Å²) in [6.07, 6.45) is 0. The Morgan fingerprint density at radius 2 is 2.00 bits per heavy atom. The highest BCUT2D eigenvalue weighted by Crippen LogP contribution is 2.30. The lowest BCUT2D eigenvalue weighted by atomic mass is 10.1. The fourth-order valence-corrected chi connectivity index (χ4v) is 2.49. The van der Waals surface area contributed by atoms with E-state index in [1.165, 1.54) is 0 Å². The van der Waals surface area contributed by atoms with Gasteiger partial charge in [-0.25, -0.2) is 15.8 Å². The monoisotopic (exact) mass is 340 g/mol. The minimum Gasteiger partial charge on any atom is -0.308 e. The molecule has 2 rings (SSSR count). The van der Waals surface area contributed by atoms with E-state index in [-0.39, 0.29) is 0 Å². The molecule has 100 valence electrons. The molecule has 2 aromatic rings. The second kappa shape index (κ2) is 5.86. The van der Waals surface area contributed by atoms with Crippen LogP contribution in [0.3, 0.4) is 0 Å². The summed E-state index contributed by atoms with van der Waals surface area (Å²) in [4.78, 5) is 8.94. The van der Waals surface area contributed by atoms with E-state index in [0.29, 0.717) is 22.6 Å². The van der Waals surface area contributed by atoms with Crippen LogP contribution in [-0.2, 0) is 0 Å². The molecule has 1 heterocycles. The lowest BCUT2D eigenvalue weighted by Gasteiger charge is -2.11. The van der Waals surface area contributed by atoms with Crippen LogP contribution in [0.15, 0.2) is 28.7 Å². The van der Waals surface area contributed by atoms with Crippen LogP contribution in [0.2, 0.25) is 5.02 Å². The van der Waals surface area contributed by atoms with Gasteiger partial charge in [0.05, 0.1) is 0 Å². The maximum Gasteiger partial charge on any atom is 0.162 e. The normalized spacial score (nSPS) is 10.8. The fraction of sp³-hybridized carbons (Fsp3) is 0.231. The van der Waals surface area contributed by atoms with Crippen molar-refractivity contribution >= 4 is 33.3 Å². The van der Waals surface area contributed by atoms with Crippen LogP contribution in [0, 0.1) is 0 Å². The number of anilines is 1. The Kier molecular flexibility index (Phi) is 4.39. The second-order valence-electron chi connectivity index (χ2n) is 4.42. The van der Waals surface area contributed by atoms with Gasteiger partial charge in [0.25, 0.3) is 0 Å².